The molecule has 1 aromatic heterocycles. The highest BCUT2D eigenvalue weighted by molar-refractivity contribution is 8.00. The summed E-state index contributed by atoms with van der Waals surface area (Å²) in [7, 11) is 1.28. The molecule has 6 rings (SSSR count). The zero-order valence-electron chi connectivity index (χ0n) is 23.2. The number of hydrogen-bond donors (Lipinski definition) is 1. The maximum absolute atomic E-state index is 13.6. The van der Waals surface area contributed by atoms with Crippen LogP contribution in [0.15, 0.2) is 70.6 Å². The molecule has 3 heterocycles. The molecule has 13 heteroatoms. The topological polar surface area (TPSA) is 119 Å². The summed E-state index contributed by atoms with van der Waals surface area (Å²) in [4.78, 5) is 40.5. The summed E-state index contributed by atoms with van der Waals surface area (Å²) in [6.45, 7) is 1.95. The summed E-state index contributed by atoms with van der Waals surface area (Å²) in [5, 5.41) is 21.2. The predicted molar refractivity (Wildman–Crippen MR) is 169 cm³/mol. The number of thioether (sulfide) groups is 1. The number of amides is 1. The van der Waals surface area contributed by atoms with Gasteiger partial charge in [0.2, 0.25) is 5.13 Å². The SMILES string of the molecule is COC(=O)c1ccc(C2/C(=C(/O)c3ccc4c(c3)CC(C)O4)C(=O)C(=O)N2c2nnc(SCc3ccc(Cl)cc3Cl)s2)cc1. The van der Waals surface area contributed by atoms with Gasteiger partial charge in [-0.2, -0.15) is 0 Å². The molecule has 1 fully saturated rings. The van der Waals surface area contributed by atoms with E-state index in [9.17, 15) is 19.5 Å². The number of rotatable bonds is 7. The molecule has 44 heavy (non-hydrogen) atoms. The molecular weight excluding hydrogens is 645 g/mol. The molecule has 224 valence electrons. The summed E-state index contributed by atoms with van der Waals surface area (Å²) in [5.74, 6) is -1.41. The Morgan fingerprint density at radius 1 is 1.09 bits per heavy atom. The molecule has 1 amide bonds. The number of ether oxygens (including phenoxy) is 2. The number of carbonyl (C=O) groups excluding carboxylic acids is 3. The van der Waals surface area contributed by atoms with E-state index in [0.29, 0.717) is 43.4 Å². The van der Waals surface area contributed by atoms with Crippen molar-refractivity contribution in [1.82, 2.24) is 10.2 Å². The van der Waals surface area contributed by atoms with Crippen LogP contribution < -0.4 is 9.64 Å². The maximum Gasteiger partial charge on any atom is 0.337 e. The Balaban J connectivity index is 1.39. The minimum absolute atomic E-state index is 0.0125. The Morgan fingerprint density at radius 3 is 2.57 bits per heavy atom. The van der Waals surface area contributed by atoms with Crippen molar-refractivity contribution in [2.24, 2.45) is 0 Å². The lowest BCUT2D eigenvalue weighted by Gasteiger charge is -2.22. The molecule has 4 aromatic rings. The monoisotopic (exact) mass is 667 g/mol. The number of hydrogen-bond acceptors (Lipinski definition) is 10. The number of fused-ring (bicyclic) bond motifs is 1. The van der Waals surface area contributed by atoms with Gasteiger partial charge in [0.15, 0.2) is 4.34 Å². The van der Waals surface area contributed by atoms with Gasteiger partial charge in [0, 0.05) is 27.8 Å². The van der Waals surface area contributed by atoms with Gasteiger partial charge >= 0.3 is 11.9 Å². The Kier molecular flexibility index (Phi) is 8.38. The quantitative estimate of drug-likeness (QED) is 0.0562. The maximum atomic E-state index is 13.6. The van der Waals surface area contributed by atoms with Crippen molar-refractivity contribution in [3.63, 3.8) is 0 Å². The standard InChI is InChI=1S/C31H23Cl2N3O6S2/c1-15-11-20-12-18(8-10-23(20)42-15)26(37)24-25(16-3-5-17(6-4-16)29(40)41-2)36(28(39)27(24)38)30-34-35-31(44-30)43-14-19-7-9-21(32)13-22(19)33/h3-10,12-13,15,25,37H,11,14H2,1-2H3/b26-24-. The number of aliphatic hydroxyl groups excluding tert-OH is 1. The van der Waals surface area contributed by atoms with Crippen molar-refractivity contribution in [1.29, 1.82) is 0 Å². The molecule has 2 atom stereocenters. The predicted octanol–water partition coefficient (Wildman–Crippen LogP) is 6.87. The second kappa shape index (κ2) is 12.2. The third-order valence-corrected chi connectivity index (χ3v) is 9.92. The van der Waals surface area contributed by atoms with Crippen LogP contribution in [-0.2, 0) is 26.5 Å². The first-order chi connectivity index (χ1) is 21.1. The first kappa shape index (κ1) is 30.1. The van der Waals surface area contributed by atoms with Gasteiger partial charge in [-0.1, -0.05) is 64.5 Å². The van der Waals surface area contributed by atoms with E-state index < -0.39 is 23.7 Å². The molecule has 9 nitrogen and oxygen atoms in total. The normalized spacial score (nSPS) is 18.8. The minimum atomic E-state index is -1.04. The molecule has 1 saturated heterocycles. The summed E-state index contributed by atoms with van der Waals surface area (Å²) in [6.07, 6.45) is 0.636. The van der Waals surface area contributed by atoms with E-state index in [0.717, 1.165) is 22.5 Å². The molecule has 0 radical (unpaired) electrons. The van der Waals surface area contributed by atoms with Gasteiger partial charge in [-0.05, 0) is 66.1 Å². The fourth-order valence-corrected chi connectivity index (χ4v) is 7.55. The van der Waals surface area contributed by atoms with Crippen molar-refractivity contribution in [3.05, 3.63) is 104 Å². The zero-order chi connectivity index (χ0) is 31.1. The lowest BCUT2D eigenvalue weighted by atomic mass is 9.94. The molecule has 0 bridgehead atoms. The van der Waals surface area contributed by atoms with Gasteiger partial charge in [-0.3, -0.25) is 14.5 Å². The van der Waals surface area contributed by atoms with Crippen LogP contribution in [0.2, 0.25) is 10.0 Å². The van der Waals surface area contributed by atoms with Gasteiger partial charge in [0.05, 0.1) is 24.3 Å². The molecule has 2 unspecified atom stereocenters. The van der Waals surface area contributed by atoms with Crippen molar-refractivity contribution >= 4 is 74.9 Å². The largest absolute Gasteiger partial charge is 0.507 e. The number of aliphatic hydroxyl groups is 1. The highest BCUT2D eigenvalue weighted by Crippen LogP contribution is 2.45. The smallest absolute Gasteiger partial charge is 0.337 e. The first-order valence-electron chi connectivity index (χ1n) is 13.3. The summed E-state index contributed by atoms with van der Waals surface area (Å²) >= 11 is 14.8. The first-order valence-corrected chi connectivity index (χ1v) is 15.9. The van der Waals surface area contributed by atoms with Crippen molar-refractivity contribution < 1.29 is 29.0 Å². The van der Waals surface area contributed by atoms with E-state index in [1.54, 1.807) is 42.5 Å². The Hall–Kier alpha value is -3.90. The van der Waals surface area contributed by atoms with E-state index in [4.69, 9.17) is 32.7 Å². The Bertz CT molecular complexity index is 1840. The van der Waals surface area contributed by atoms with Crippen molar-refractivity contribution in [2.75, 3.05) is 12.0 Å². The zero-order valence-corrected chi connectivity index (χ0v) is 26.4. The van der Waals surface area contributed by atoms with Gasteiger partial charge in [0.25, 0.3) is 5.78 Å². The number of benzene rings is 3. The summed E-state index contributed by atoms with van der Waals surface area (Å²) in [5.41, 5.74) is 2.78. The van der Waals surface area contributed by atoms with Crippen LogP contribution in [0, 0.1) is 0 Å². The van der Waals surface area contributed by atoms with Crippen LogP contribution >= 0.6 is 46.3 Å². The minimum Gasteiger partial charge on any atom is -0.507 e. The number of anilines is 1. The average molecular weight is 669 g/mol. The van der Waals surface area contributed by atoms with Crippen LogP contribution in [-0.4, -0.2) is 46.2 Å². The molecule has 1 N–H and O–H groups in total. The van der Waals surface area contributed by atoms with Gasteiger partial charge in [0.1, 0.15) is 17.6 Å². The second-order valence-corrected chi connectivity index (χ2v) is 13.1. The molecule has 0 saturated carbocycles. The second-order valence-electron chi connectivity index (χ2n) is 10.1. The van der Waals surface area contributed by atoms with Crippen LogP contribution in [0.4, 0.5) is 5.13 Å². The van der Waals surface area contributed by atoms with E-state index in [-0.39, 0.29) is 28.1 Å². The Labute approximate surface area is 270 Å². The van der Waals surface area contributed by atoms with E-state index in [1.165, 1.54) is 35.9 Å². The van der Waals surface area contributed by atoms with Crippen molar-refractivity contribution in [3.8, 4) is 5.75 Å². The van der Waals surface area contributed by atoms with Gasteiger partial charge in [-0.25, -0.2) is 4.79 Å². The van der Waals surface area contributed by atoms with E-state index in [2.05, 4.69) is 10.2 Å². The molecule has 2 aliphatic rings. The number of aromatic nitrogens is 2. The van der Waals surface area contributed by atoms with E-state index in [1.807, 2.05) is 13.0 Å². The Morgan fingerprint density at radius 2 is 1.84 bits per heavy atom. The molecule has 2 aliphatic heterocycles. The van der Waals surface area contributed by atoms with Crippen LogP contribution in [0.25, 0.3) is 5.76 Å². The van der Waals surface area contributed by atoms with Crippen LogP contribution in [0.5, 0.6) is 5.75 Å². The van der Waals surface area contributed by atoms with Gasteiger partial charge in [-0.15, -0.1) is 10.2 Å². The average Bonchev–Trinajstić information content (AvgIpc) is 3.70. The highest BCUT2D eigenvalue weighted by atomic mass is 35.5. The van der Waals surface area contributed by atoms with Crippen LogP contribution in [0.1, 0.15) is 45.6 Å². The third kappa shape index (κ3) is 5.68. The third-order valence-electron chi connectivity index (χ3n) is 7.23. The fourth-order valence-electron chi connectivity index (χ4n) is 5.13. The number of ketones is 1. The lowest BCUT2D eigenvalue weighted by Crippen LogP contribution is -2.29. The number of Topliss-reactive ketones (excluding diaryl/α,β-unsaturated/α-hetero) is 1. The lowest BCUT2D eigenvalue weighted by molar-refractivity contribution is -0.132. The number of nitrogens with zero attached hydrogens (tertiary/aromatic N) is 3. The number of methoxy groups -OCH3 is 1. The molecule has 0 spiro atoms. The molecule has 3 aromatic carbocycles. The fraction of sp³-hybridized carbons (Fsp3) is 0.194. The number of halogens is 2. The summed E-state index contributed by atoms with van der Waals surface area (Å²) in [6, 6.07) is 15.6. The summed E-state index contributed by atoms with van der Waals surface area (Å²) < 4.78 is 11.1. The van der Waals surface area contributed by atoms with Crippen LogP contribution in [0.3, 0.4) is 0 Å². The number of esters is 1. The van der Waals surface area contributed by atoms with E-state index >= 15 is 0 Å². The highest BCUT2D eigenvalue weighted by Gasteiger charge is 2.48. The van der Waals surface area contributed by atoms with Crippen molar-refractivity contribution in [2.45, 2.75) is 35.6 Å². The molecule has 0 aliphatic carbocycles. The molecular formula is C31H23Cl2N3O6S2. The number of carbonyl (C=O) groups is 3. The van der Waals surface area contributed by atoms with Gasteiger partial charge < -0.3 is 14.6 Å².